The van der Waals surface area contributed by atoms with Gasteiger partial charge in [0.1, 0.15) is 23.1 Å². The van der Waals surface area contributed by atoms with E-state index in [4.69, 9.17) is 4.42 Å². The summed E-state index contributed by atoms with van der Waals surface area (Å²) in [6.45, 7) is 2.59. The van der Waals surface area contributed by atoms with E-state index in [1.807, 2.05) is 56.8 Å². The molecule has 5 aromatic rings. The fraction of sp³-hybridized carbons (Fsp3) is 0.167. The molecular formula is C30H25F2N3O2. The summed E-state index contributed by atoms with van der Waals surface area (Å²) in [5.41, 5.74) is 4.33. The van der Waals surface area contributed by atoms with Crippen LogP contribution >= 0.6 is 0 Å². The van der Waals surface area contributed by atoms with Crippen LogP contribution < -0.4 is 4.90 Å². The van der Waals surface area contributed by atoms with Gasteiger partial charge in [0.05, 0.1) is 11.2 Å². The zero-order chi connectivity index (χ0) is 25.4. The number of furan rings is 1. The topological polar surface area (TPSA) is 41.6 Å². The van der Waals surface area contributed by atoms with Gasteiger partial charge in [-0.2, -0.15) is 0 Å². The van der Waals surface area contributed by atoms with Crippen molar-refractivity contribution >= 4 is 22.7 Å². The zero-order valence-corrected chi connectivity index (χ0v) is 20.1. The van der Waals surface area contributed by atoms with E-state index in [2.05, 4.69) is 0 Å². The second kappa shape index (κ2) is 9.58. The van der Waals surface area contributed by atoms with Crippen molar-refractivity contribution in [1.82, 2.24) is 9.47 Å². The highest BCUT2D eigenvalue weighted by Crippen LogP contribution is 2.32. The molecule has 0 N–H and O–H groups in total. The Kier molecular flexibility index (Phi) is 5.96. The predicted molar refractivity (Wildman–Crippen MR) is 140 cm³/mol. The first kappa shape index (κ1) is 23.0. The second-order valence-corrected chi connectivity index (χ2v) is 9.20. The van der Waals surface area contributed by atoms with Gasteiger partial charge < -0.3 is 18.8 Å². The van der Waals surface area contributed by atoms with Gasteiger partial charge in [0.25, 0.3) is 5.91 Å². The molecule has 1 fully saturated rings. The minimum absolute atomic E-state index is 0.0844. The molecule has 37 heavy (non-hydrogen) atoms. The maximum absolute atomic E-state index is 14.3. The number of aromatic nitrogens is 1. The predicted octanol–water partition coefficient (Wildman–Crippen LogP) is 6.19. The van der Waals surface area contributed by atoms with Crippen molar-refractivity contribution in [2.24, 2.45) is 0 Å². The number of benzene rings is 3. The standard InChI is InChI=1S/C30H25F2N3O2/c31-23-12-10-22(11-13-23)28-18-26-29(37-28)19-27(35(26)20-21-6-2-1-3-7-21)30(36)34-16-14-33(15-17-34)25-9-5-4-8-24(25)32/h1-13,18-19H,14-17,20H2. The van der Waals surface area contributed by atoms with Gasteiger partial charge in [-0.1, -0.05) is 42.5 Å². The van der Waals surface area contributed by atoms with E-state index >= 15 is 0 Å². The highest BCUT2D eigenvalue weighted by atomic mass is 19.1. The van der Waals surface area contributed by atoms with Gasteiger partial charge in [-0.15, -0.1) is 0 Å². The Morgan fingerprint density at radius 1 is 0.811 bits per heavy atom. The number of carbonyl (C=O) groups excluding carboxylic acids is 1. The Labute approximate surface area is 213 Å². The molecule has 1 aliphatic rings. The summed E-state index contributed by atoms with van der Waals surface area (Å²) in [6, 6.07) is 26.5. The molecule has 1 saturated heterocycles. The molecule has 0 radical (unpaired) electrons. The molecule has 186 valence electrons. The van der Waals surface area contributed by atoms with E-state index < -0.39 is 0 Å². The number of para-hydroxylation sites is 1. The van der Waals surface area contributed by atoms with Crippen molar-refractivity contribution < 1.29 is 18.0 Å². The molecule has 6 rings (SSSR count). The number of nitrogens with zero attached hydrogens (tertiary/aromatic N) is 3. The fourth-order valence-corrected chi connectivity index (χ4v) is 4.93. The SMILES string of the molecule is O=C(c1cc2oc(-c3ccc(F)cc3)cc2n1Cc1ccccc1)N1CCN(c2ccccc2F)CC1. The molecule has 3 aromatic carbocycles. The van der Waals surface area contributed by atoms with Gasteiger partial charge in [-0.3, -0.25) is 4.79 Å². The lowest BCUT2D eigenvalue weighted by Crippen LogP contribution is -2.49. The number of carbonyl (C=O) groups is 1. The quantitative estimate of drug-likeness (QED) is 0.291. The van der Waals surface area contributed by atoms with E-state index in [0.29, 0.717) is 55.4 Å². The average molecular weight is 498 g/mol. The van der Waals surface area contributed by atoms with Crippen molar-refractivity contribution in [1.29, 1.82) is 0 Å². The molecule has 0 spiro atoms. The van der Waals surface area contributed by atoms with E-state index in [0.717, 1.165) is 16.6 Å². The van der Waals surface area contributed by atoms with Gasteiger partial charge in [0.2, 0.25) is 0 Å². The van der Waals surface area contributed by atoms with Crippen LogP contribution in [0.5, 0.6) is 0 Å². The molecule has 0 saturated carbocycles. The molecule has 1 amide bonds. The molecule has 0 unspecified atom stereocenters. The van der Waals surface area contributed by atoms with Gasteiger partial charge >= 0.3 is 0 Å². The van der Waals surface area contributed by atoms with Gasteiger partial charge in [-0.05, 0) is 42.0 Å². The van der Waals surface area contributed by atoms with Crippen molar-refractivity contribution in [2.75, 3.05) is 31.1 Å². The number of piperazine rings is 1. The smallest absolute Gasteiger partial charge is 0.270 e. The molecular weight excluding hydrogens is 472 g/mol. The summed E-state index contributed by atoms with van der Waals surface area (Å²) in [4.78, 5) is 17.5. The molecule has 3 heterocycles. The molecule has 0 atom stereocenters. The normalized spacial score (nSPS) is 13.9. The van der Waals surface area contributed by atoms with Crippen molar-refractivity contribution in [3.8, 4) is 11.3 Å². The van der Waals surface area contributed by atoms with Crippen LogP contribution in [0.25, 0.3) is 22.4 Å². The van der Waals surface area contributed by atoms with Gasteiger partial charge in [0, 0.05) is 50.4 Å². The summed E-state index contributed by atoms with van der Waals surface area (Å²) in [7, 11) is 0. The second-order valence-electron chi connectivity index (χ2n) is 9.20. The van der Waals surface area contributed by atoms with Crippen molar-refractivity contribution in [3.05, 3.63) is 114 Å². The van der Waals surface area contributed by atoms with Crippen molar-refractivity contribution in [3.63, 3.8) is 0 Å². The van der Waals surface area contributed by atoms with Crippen LogP contribution in [0, 0.1) is 11.6 Å². The molecule has 2 aromatic heterocycles. The third kappa shape index (κ3) is 4.48. The van der Waals surface area contributed by atoms with E-state index in [1.165, 1.54) is 18.2 Å². The monoisotopic (exact) mass is 497 g/mol. The maximum atomic E-state index is 14.3. The summed E-state index contributed by atoms with van der Waals surface area (Å²) in [5.74, 6) is -0.0316. The highest BCUT2D eigenvalue weighted by molar-refractivity contribution is 5.98. The van der Waals surface area contributed by atoms with E-state index in [-0.39, 0.29) is 17.5 Å². The zero-order valence-electron chi connectivity index (χ0n) is 20.1. The van der Waals surface area contributed by atoms with Crippen LogP contribution in [0.2, 0.25) is 0 Å². The first-order valence-corrected chi connectivity index (χ1v) is 12.3. The first-order chi connectivity index (χ1) is 18.1. The molecule has 0 bridgehead atoms. The van der Waals surface area contributed by atoms with Gasteiger partial charge in [0.15, 0.2) is 5.58 Å². The number of hydrogen-bond donors (Lipinski definition) is 0. The van der Waals surface area contributed by atoms with Gasteiger partial charge in [-0.25, -0.2) is 8.78 Å². The number of anilines is 1. The minimum Gasteiger partial charge on any atom is -0.454 e. The Hall–Kier alpha value is -4.39. The van der Waals surface area contributed by atoms with Crippen LogP contribution in [-0.2, 0) is 6.54 Å². The van der Waals surface area contributed by atoms with Crippen LogP contribution in [0.15, 0.2) is 95.4 Å². The largest absolute Gasteiger partial charge is 0.454 e. The molecule has 1 aliphatic heterocycles. The minimum atomic E-state index is -0.309. The lowest BCUT2D eigenvalue weighted by atomic mass is 10.2. The number of fused-ring (bicyclic) bond motifs is 1. The molecule has 0 aliphatic carbocycles. The summed E-state index contributed by atoms with van der Waals surface area (Å²) in [6.07, 6.45) is 0. The summed E-state index contributed by atoms with van der Waals surface area (Å²) in [5, 5.41) is 0. The Morgan fingerprint density at radius 3 is 2.24 bits per heavy atom. The Bertz CT molecular complexity index is 1550. The van der Waals surface area contributed by atoms with E-state index in [1.54, 1.807) is 30.3 Å². The van der Waals surface area contributed by atoms with Crippen LogP contribution in [0.3, 0.4) is 0 Å². The van der Waals surface area contributed by atoms with Crippen LogP contribution in [0.1, 0.15) is 16.1 Å². The highest BCUT2D eigenvalue weighted by Gasteiger charge is 2.27. The lowest BCUT2D eigenvalue weighted by Gasteiger charge is -2.36. The number of rotatable bonds is 5. The lowest BCUT2D eigenvalue weighted by molar-refractivity contribution is 0.0736. The Balaban J connectivity index is 1.30. The van der Waals surface area contributed by atoms with Crippen LogP contribution in [-0.4, -0.2) is 41.6 Å². The number of amides is 1. The van der Waals surface area contributed by atoms with E-state index in [9.17, 15) is 13.6 Å². The van der Waals surface area contributed by atoms with Crippen LogP contribution in [0.4, 0.5) is 14.5 Å². The third-order valence-electron chi connectivity index (χ3n) is 6.88. The first-order valence-electron chi connectivity index (χ1n) is 12.3. The maximum Gasteiger partial charge on any atom is 0.270 e. The van der Waals surface area contributed by atoms with Crippen molar-refractivity contribution in [2.45, 2.75) is 6.54 Å². The summed E-state index contributed by atoms with van der Waals surface area (Å²) >= 11 is 0. The Morgan fingerprint density at radius 2 is 1.51 bits per heavy atom. The number of hydrogen-bond acceptors (Lipinski definition) is 3. The summed E-state index contributed by atoms with van der Waals surface area (Å²) < 4.78 is 35.8. The fourth-order valence-electron chi connectivity index (χ4n) is 4.93. The number of halogens is 2. The molecule has 5 nitrogen and oxygen atoms in total. The third-order valence-corrected chi connectivity index (χ3v) is 6.88. The molecule has 7 heteroatoms. The average Bonchev–Trinajstić information content (AvgIpc) is 3.49.